The van der Waals surface area contributed by atoms with Crippen molar-refractivity contribution in [3.63, 3.8) is 0 Å². The number of hydrogen-bond donors (Lipinski definition) is 1. The number of likely N-dealkylation sites (tertiary alicyclic amines) is 1. The molecular formula is C29H37N5O4S. The normalized spacial score (nSPS) is 21.3. The molecule has 5 rings (SSSR count). The van der Waals surface area contributed by atoms with E-state index in [-0.39, 0.29) is 22.6 Å². The largest absolute Gasteiger partial charge is 0.338 e. The molecule has 3 aromatic rings. The van der Waals surface area contributed by atoms with Crippen LogP contribution in [0.2, 0.25) is 0 Å². The predicted molar refractivity (Wildman–Crippen MR) is 150 cm³/mol. The summed E-state index contributed by atoms with van der Waals surface area (Å²) in [5, 5.41) is 7.27. The number of amides is 2. The van der Waals surface area contributed by atoms with Gasteiger partial charge in [0.25, 0.3) is 5.91 Å². The molecule has 2 fully saturated rings. The molecule has 0 radical (unpaired) electrons. The smallest absolute Gasteiger partial charge is 0.257 e. The number of aryl methyl sites for hydroxylation is 1. The lowest BCUT2D eigenvalue weighted by Crippen LogP contribution is -2.42. The van der Waals surface area contributed by atoms with E-state index in [2.05, 4.69) is 30.3 Å². The van der Waals surface area contributed by atoms with Gasteiger partial charge >= 0.3 is 0 Å². The minimum Gasteiger partial charge on any atom is -0.338 e. The van der Waals surface area contributed by atoms with E-state index in [1.807, 2.05) is 24.1 Å². The molecule has 1 N–H and O–H groups in total. The van der Waals surface area contributed by atoms with Gasteiger partial charge in [-0.25, -0.2) is 12.9 Å². The highest BCUT2D eigenvalue weighted by Crippen LogP contribution is 2.33. The molecule has 0 saturated carbocycles. The number of aromatic nitrogens is 2. The summed E-state index contributed by atoms with van der Waals surface area (Å²) in [5.41, 5.74) is 3.88. The van der Waals surface area contributed by atoms with Crippen LogP contribution in [0.5, 0.6) is 0 Å². The molecule has 2 aliphatic heterocycles. The Kier molecular flexibility index (Phi) is 7.52. The first-order valence-electron chi connectivity index (χ1n) is 13.7. The van der Waals surface area contributed by atoms with Gasteiger partial charge in [0.2, 0.25) is 15.9 Å². The predicted octanol–water partition coefficient (Wildman–Crippen LogP) is 4.29. The maximum Gasteiger partial charge on any atom is 0.257 e. The van der Waals surface area contributed by atoms with E-state index in [1.165, 1.54) is 23.4 Å². The molecule has 1 aromatic carbocycles. The third kappa shape index (κ3) is 5.58. The average Bonchev–Trinajstić information content (AvgIpc) is 3.22. The minimum absolute atomic E-state index is 0.0449. The molecule has 9 nitrogen and oxygen atoms in total. The Bertz CT molecular complexity index is 1480. The van der Waals surface area contributed by atoms with Crippen LogP contribution < -0.4 is 5.32 Å². The molecule has 39 heavy (non-hydrogen) atoms. The number of hydrogen-bond acceptors (Lipinski definition) is 5. The van der Waals surface area contributed by atoms with Gasteiger partial charge in [-0.2, -0.15) is 9.40 Å². The van der Waals surface area contributed by atoms with E-state index in [0.717, 1.165) is 36.3 Å². The van der Waals surface area contributed by atoms with Crippen molar-refractivity contribution in [3.8, 4) is 0 Å². The number of nitrogens with zero attached hydrogens (tertiary/aromatic N) is 4. The summed E-state index contributed by atoms with van der Waals surface area (Å²) in [4.78, 5) is 27.1. The van der Waals surface area contributed by atoms with Crippen LogP contribution in [0.25, 0.3) is 5.52 Å². The average molecular weight is 552 g/mol. The molecule has 0 bridgehead atoms. The number of pyridine rings is 1. The number of nitrogens with one attached hydrogen (secondary N) is 1. The van der Waals surface area contributed by atoms with Gasteiger partial charge in [0.1, 0.15) is 0 Å². The number of carbonyl (C=O) groups excluding carboxylic acids is 2. The number of carbonyl (C=O) groups is 2. The zero-order chi connectivity index (χ0) is 27.9. The summed E-state index contributed by atoms with van der Waals surface area (Å²) >= 11 is 0. The van der Waals surface area contributed by atoms with Gasteiger partial charge in [-0.15, -0.1) is 0 Å². The van der Waals surface area contributed by atoms with E-state index in [4.69, 9.17) is 0 Å². The van der Waals surface area contributed by atoms with Crippen LogP contribution >= 0.6 is 0 Å². The Labute approximate surface area is 230 Å². The van der Waals surface area contributed by atoms with E-state index in [0.29, 0.717) is 49.0 Å². The lowest BCUT2D eigenvalue weighted by atomic mass is 9.90. The highest BCUT2D eigenvalue weighted by Gasteiger charge is 2.32. The molecule has 2 unspecified atom stereocenters. The summed E-state index contributed by atoms with van der Waals surface area (Å²) in [6.45, 7) is 10.1. The summed E-state index contributed by atoms with van der Waals surface area (Å²) in [6, 6.07) is 10.4. The Morgan fingerprint density at radius 1 is 1.00 bits per heavy atom. The Balaban J connectivity index is 1.31. The van der Waals surface area contributed by atoms with Gasteiger partial charge in [0.15, 0.2) is 0 Å². The number of benzene rings is 1. The van der Waals surface area contributed by atoms with Crippen LogP contribution in [0.3, 0.4) is 0 Å². The molecule has 0 spiro atoms. The van der Waals surface area contributed by atoms with Crippen LogP contribution in [0.1, 0.15) is 67.6 Å². The van der Waals surface area contributed by atoms with E-state index in [1.54, 1.807) is 16.6 Å². The number of rotatable bonds is 5. The lowest BCUT2D eigenvalue weighted by molar-refractivity contribution is -0.114. The quantitative estimate of drug-likeness (QED) is 0.510. The molecule has 0 aliphatic carbocycles. The highest BCUT2D eigenvalue weighted by atomic mass is 32.2. The first kappa shape index (κ1) is 27.3. The van der Waals surface area contributed by atoms with Crippen molar-refractivity contribution in [1.29, 1.82) is 0 Å². The Morgan fingerprint density at radius 2 is 1.64 bits per heavy atom. The fourth-order valence-electron chi connectivity index (χ4n) is 6.18. The zero-order valence-corrected chi connectivity index (χ0v) is 23.9. The summed E-state index contributed by atoms with van der Waals surface area (Å²) < 4.78 is 29.8. The third-order valence-electron chi connectivity index (χ3n) is 7.94. The SMILES string of the molecule is CC(=O)Nc1ccc(S(=O)(=O)N2CCC(c3ccn4nc(C)c(C(=O)N5CC(C)CC(C)C5)c4c3)CC2)cc1. The van der Waals surface area contributed by atoms with Gasteiger partial charge in [-0.1, -0.05) is 13.8 Å². The van der Waals surface area contributed by atoms with Gasteiger partial charge in [-0.3, -0.25) is 9.59 Å². The molecule has 2 atom stereocenters. The monoisotopic (exact) mass is 551 g/mol. The molecule has 10 heteroatoms. The first-order valence-corrected chi connectivity index (χ1v) is 15.1. The van der Waals surface area contributed by atoms with Crippen LogP contribution in [-0.4, -0.2) is 65.2 Å². The second kappa shape index (κ2) is 10.7. The molecule has 2 amide bonds. The number of anilines is 1. The van der Waals surface area contributed by atoms with Crippen molar-refractivity contribution in [2.45, 2.75) is 57.8 Å². The topological polar surface area (TPSA) is 104 Å². The van der Waals surface area contributed by atoms with Crippen molar-refractivity contribution in [3.05, 3.63) is 59.4 Å². The maximum atomic E-state index is 13.6. The molecule has 4 heterocycles. The van der Waals surface area contributed by atoms with Crippen LogP contribution in [0.4, 0.5) is 5.69 Å². The fourth-order valence-corrected chi connectivity index (χ4v) is 7.65. The van der Waals surface area contributed by atoms with Gasteiger partial charge in [0, 0.05) is 45.0 Å². The molecule has 208 valence electrons. The number of fused-ring (bicyclic) bond motifs is 1. The summed E-state index contributed by atoms with van der Waals surface area (Å²) in [7, 11) is -3.63. The maximum absolute atomic E-state index is 13.6. The fraction of sp³-hybridized carbons (Fsp3) is 0.483. The van der Waals surface area contributed by atoms with Crippen molar-refractivity contribution in [1.82, 2.24) is 18.8 Å². The second-order valence-electron chi connectivity index (χ2n) is 11.3. The summed E-state index contributed by atoms with van der Waals surface area (Å²) in [5.74, 6) is 0.989. The third-order valence-corrected chi connectivity index (χ3v) is 9.85. The molecular weight excluding hydrogens is 514 g/mol. The minimum atomic E-state index is -3.63. The molecule has 2 aromatic heterocycles. The van der Waals surface area contributed by atoms with Crippen LogP contribution in [0, 0.1) is 18.8 Å². The molecule has 2 aliphatic rings. The van der Waals surface area contributed by atoms with E-state index < -0.39 is 10.0 Å². The van der Waals surface area contributed by atoms with Crippen molar-refractivity contribution in [2.75, 3.05) is 31.5 Å². The van der Waals surface area contributed by atoms with Crippen molar-refractivity contribution < 1.29 is 18.0 Å². The van der Waals surface area contributed by atoms with Gasteiger partial charge in [0.05, 0.1) is 21.7 Å². The van der Waals surface area contributed by atoms with E-state index in [9.17, 15) is 18.0 Å². The number of sulfonamides is 1. The van der Waals surface area contributed by atoms with Crippen LogP contribution in [-0.2, 0) is 14.8 Å². The van der Waals surface area contributed by atoms with E-state index >= 15 is 0 Å². The van der Waals surface area contributed by atoms with Gasteiger partial charge < -0.3 is 10.2 Å². The zero-order valence-electron chi connectivity index (χ0n) is 23.1. The number of piperidine rings is 2. The van der Waals surface area contributed by atoms with Crippen LogP contribution in [0.15, 0.2) is 47.5 Å². The molecule has 2 saturated heterocycles. The Hall–Kier alpha value is -3.24. The highest BCUT2D eigenvalue weighted by molar-refractivity contribution is 7.89. The van der Waals surface area contributed by atoms with Crippen molar-refractivity contribution in [2.24, 2.45) is 11.8 Å². The summed E-state index contributed by atoms with van der Waals surface area (Å²) in [6.07, 6.45) is 4.43. The standard InChI is InChI=1S/C29H37N5O4S/c1-19-15-20(2)18-32(17-19)29(36)28-21(3)31-34-14-11-24(16-27(28)34)23-9-12-33(13-10-23)39(37,38)26-7-5-25(6-8-26)30-22(4)35/h5-8,11,14,16,19-20,23H,9-10,12-13,15,17-18H2,1-4H3,(H,30,35). The van der Waals surface area contributed by atoms with Crippen molar-refractivity contribution >= 4 is 33.0 Å². The second-order valence-corrected chi connectivity index (χ2v) is 13.2. The first-order chi connectivity index (χ1) is 18.5. The van der Waals surface area contributed by atoms with Gasteiger partial charge in [-0.05, 0) is 85.9 Å². The Morgan fingerprint density at radius 3 is 2.26 bits per heavy atom. The lowest BCUT2D eigenvalue weighted by Gasteiger charge is -2.35.